The molecule has 3 rings (SSSR count). The number of carbonyl (C=O) groups excluding carboxylic acids is 1. The SMILES string of the molecule is CC.CC.CC(C)(C)C.CC(C)=O.CCCN(CCC)c1cc(OC2CCC(C)CC2)ccn1.Cc1ccc([N+](=O)[O-])c(C(F)(F)F)c1. The van der Waals surface area contributed by atoms with Gasteiger partial charge >= 0.3 is 6.18 Å². The number of rotatable bonds is 8. The molecule has 0 spiro atoms. The number of benzene rings is 1. The number of nitro benzene ring substituents is 1. The van der Waals surface area contributed by atoms with Crippen LogP contribution in [-0.4, -0.2) is 34.9 Å². The monoisotopic (exact) mass is 686 g/mol. The van der Waals surface area contributed by atoms with Crippen LogP contribution in [0.4, 0.5) is 24.7 Å². The molecular weight excluding hydrogens is 619 g/mol. The van der Waals surface area contributed by atoms with E-state index < -0.39 is 22.4 Å². The minimum atomic E-state index is -4.69. The summed E-state index contributed by atoms with van der Waals surface area (Å²) in [6.07, 6.45) is 4.84. The lowest BCUT2D eigenvalue weighted by Gasteiger charge is -2.27. The molecule has 0 bridgehead atoms. The van der Waals surface area contributed by atoms with Crippen molar-refractivity contribution in [3.63, 3.8) is 0 Å². The molecule has 10 heteroatoms. The topological polar surface area (TPSA) is 85.6 Å². The highest BCUT2D eigenvalue weighted by Gasteiger charge is 2.38. The molecule has 0 saturated heterocycles. The van der Waals surface area contributed by atoms with E-state index in [1.165, 1.54) is 52.5 Å². The van der Waals surface area contributed by atoms with Gasteiger partial charge in [-0.25, -0.2) is 4.98 Å². The summed E-state index contributed by atoms with van der Waals surface area (Å²) in [5, 5.41) is 10.3. The second kappa shape index (κ2) is 26.7. The third kappa shape index (κ3) is 25.9. The molecule has 1 saturated carbocycles. The maximum Gasteiger partial charge on any atom is 0.423 e. The van der Waals surface area contributed by atoms with Gasteiger partial charge in [-0.15, -0.1) is 0 Å². The summed E-state index contributed by atoms with van der Waals surface area (Å²) < 4.78 is 43.0. The van der Waals surface area contributed by atoms with Gasteiger partial charge in [-0.1, -0.05) is 87.8 Å². The highest BCUT2D eigenvalue weighted by Crippen LogP contribution is 2.36. The van der Waals surface area contributed by atoms with Gasteiger partial charge in [0.2, 0.25) is 0 Å². The van der Waals surface area contributed by atoms with Crippen molar-refractivity contribution in [1.29, 1.82) is 0 Å². The molecule has 7 nitrogen and oxygen atoms in total. The Hall–Kier alpha value is -3.17. The summed E-state index contributed by atoms with van der Waals surface area (Å²) in [5.74, 6) is 3.07. The fraction of sp³-hybridized carbons (Fsp3) is 0.684. The van der Waals surface area contributed by atoms with Crippen LogP contribution in [0.2, 0.25) is 0 Å². The average Bonchev–Trinajstić information content (AvgIpc) is 2.99. The van der Waals surface area contributed by atoms with Crippen LogP contribution in [0.15, 0.2) is 36.5 Å². The first-order valence-corrected chi connectivity index (χ1v) is 17.4. The number of aryl methyl sites for hydroxylation is 1. The summed E-state index contributed by atoms with van der Waals surface area (Å²) in [4.78, 5) is 25.6. The zero-order valence-corrected chi connectivity index (χ0v) is 32.4. The number of halogens is 3. The minimum Gasteiger partial charge on any atom is -0.490 e. The summed E-state index contributed by atoms with van der Waals surface area (Å²) >= 11 is 0. The van der Waals surface area contributed by atoms with Crippen LogP contribution in [0.25, 0.3) is 0 Å². The van der Waals surface area contributed by atoms with Crippen molar-refractivity contribution < 1.29 is 27.6 Å². The van der Waals surface area contributed by atoms with Crippen molar-refractivity contribution in [1.82, 2.24) is 4.98 Å². The molecule has 1 aliphatic carbocycles. The number of pyridine rings is 1. The molecule has 278 valence electrons. The van der Waals surface area contributed by atoms with Crippen LogP contribution in [0.5, 0.6) is 5.75 Å². The van der Waals surface area contributed by atoms with Gasteiger partial charge in [0.1, 0.15) is 22.9 Å². The summed E-state index contributed by atoms with van der Waals surface area (Å²) in [6, 6.07) is 7.00. The summed E-state index contributed by atoms with van der Waals surface area (Å²) in [6.45, 7) is 30.1. The zero-order valence-electron chi connectivity index (χ0n) is 32.4. The molecule has 0 radical (unpaired) electrons. The lowest BCUT2D eigenvalue weighted by Crippen LogP contribution is -2.26. The van der Waals surface area contributed by atoms with E-state index in [1.54, 1.807) is 0 Å². The Morgan fingerprint density at radius 3 is 1.79 bits per heavy atom. The summed E-state index contributed by atoms with van der Waals surface area (Å²) in [5.41, 5.74) is -1.28. The molecule has 2 aromatic rings. The van der Waals surface area contributed by atoms with Gasteiger partial charge in [-0.05, 0) is 82.8 Å². The number of nitrogens with zero attached hydrogens (tertiary/aromatic N) is 3. The van der Waals surface area contributed by atoms with Gasteiger partial charge in [-0.3, -0.25) is 10.1 Å². The normalized spacial score (nSPS) is 15.0. The Balaban J connectivity index is -0.000000644. The maximum atomic E-state index is 12.3. The second-order valence-electron chi connectivity index (χ2n) is 13.0. The number of hydrogen-bond acceptors (Lipinski definition) is 6. The van der Waals surface area contributed by atoms with E-state index in [-0.39, 0.29) is 5.78 Å². The van der Waals surface area contributed by atoms with Gasteiger partial charge in [0, 0.05) is 31.4 Å². The van der Waals surface area contributed by atoms with E-state index in [9.17, 15) is 28.1 Å². The van der Waals surface area contributed by atoms with Crippen molar-refractivity contribution in [2.24, 2.45) is 11.3 Å². The van der Waals surface area contributed by atoms with Crippen molar-refractivity contribution in [3.8, 4) is 5.75 Å². The molecule has 0 unspecified atom stereocenters. The Bertz CT molecular complexity index is 1110. The molecule has 1 aromatic heterocycles. The number of Topliss-reactive ketones (excluding diaryl/α,β-unsaturated/α-hetero) is 1. The maximum absolute atomic E-state index is 12.3. The van der Waals surface area contributed by atoms with Gasteiger partial charge in [0.05, 0.1) is 11.0 Å². The van der Waals surface area contributed by atoms with E-state index in [0.29, 0.717) is 17.1 Å². The largest absolute Gasteiger partial charge is 0.490 e. The number of alkyl halides is 3. The number of aromatic nitrogens is 1. The fourth-order valence-electron chi connectivity index (χ4n) is 4.10. The third-order valence-corrected chi connectivity index (χ3v) is 5.95. The van der Waals surface area contributed by atoms with Crippen molar-refractivity contribution in [3.05, 3.63) is 57.8 Å². The first-order chi connectivity index (χ1) is 22.3. The fourth-order valence-corrected chi connectivity index (χ4v) is 4.10. The molecular formula is C38H66F3N3O4. The highest BCUT2D eigenvalue weighted by molar-refractivity contribution is 5.72. The number of ether oxygens (including phenoxy) is 1. The molecule has 1 fully saturated rings. The molecule has 1 aliphatic rings. The van der Waals surface area contributed by atoms with E-state index >= 15 is 0 Å². The molecule has 0 atom stereocenters. The average molecular weight is 686 g/mol. The first kappa shape index (κ1) is 49.2. The van der Waals surface area contributed by atoms with Crippen LogP contribution in [-0.2, 0) is 11.0 Å². The minimum absolute atomic E-state index is 0.167. The predicted octanol–water partition coefficient (Wildman–Crippen LogP) is 12.3. The van der Waals surface area contributed by atoms with Crippen LogP contribution in [0, 0.1) is 28.4 Å². The number of anilines is 1. The quantitative estimate of drug-likeness (QED) is 0.203. The Morgan fingerprint density at radius 2 is 1.40 bits per heavy atom. The molecule has 1 heterocycles. The lowest BCUT2D eigenvalue weighted by molar-refractivity contribution is -0.388. The Labute approximate surface area is 290 Å². The van der Waals surface area contributed by atoms with Gasteiger partial charge in [-0.2, -0.15) is 13.2 Å². The molecule has 1 aromatic carbocycles. The van der Waals surface area contributed by atoms with Crippen LogP contribution in [0.1, 0.15) is 140 Å². The van der Waals surface area contributed by atoms with Crippen molar-refractivity contribution in [2.75, 3.05) is 18.0 Å². The number of carbonyl (C=O) groups is 1. The Morgan fingerprint density at radius 1 is 0.938 bits per heavy atom. The number of nitro groups is 1. The first-order valence-electron chi connectivity index (χ1n) is 17.4. The zero-order chi connectivity index (χ0) is 38.1. The van der Waals surface area contributed by atoms with Gasteiger partial charge < -0.3 is 14.4 Å². The van der Waals surface area contributed by atoms with E-state index in [2.05, 4.69) is 64.4 Å². The van der Waals surface area contributed by atoms with Crippen LogP contribution in [0.3, 0.4) is 0 Å². The van der Waals surface area contributed by atoms with E-state index in [4.69, 9.17) is 4.74 Å². The predicted molar refractivity (Wildman–Crippen MR) is 196 cm³/mol. The molecule has 48 heavy (non-hydrogen) atoms. The highest BCUT2D eigenvalue weighted by atomic mass is 19.4. The van der Waals surface area contributed by atoms with Crippen molar-refractivity contribution >= 4 is 17.3 Å². The molecule has 0 amide bonds. The second-order valence-corrected chi connectivity index (χ2v) is 13.0. The van der Waals surface area contributed by atoms with Crippen LogP contribution < -0.4 is 9.64 Å². The number of ketones is 1. The van der Waals surface area contributed by atoms with Gasteiger partial charge in [0.25, 0.3) is 5.69 Å². The molecule has 0 N–H and O–H groups in total. The standard InChI is InChI=1S/C18H30N2O.C8H6F3NO2.C5H12.C3H6O.2C2H6/c1-4-12-20(13-5-2)18-14-17(10-11-19-18)21-16-8-6-15(3)7-9-16;1-5-2-3-7(12(13)14)6(4-5)8(9,10)11;1-5(2,3)4;1-3(2)4;2*1-2/h10-11,14-16H,4-9,12-13H2,1-3H3;2-4H,1H3;1-4H3;1-2H3;2*1-2H3. The summed E-state index contributed by atoms with van der Waals surface area (Å²) in [7, 11) is 0. The van der Waals surface area contributed by atoms with E-state index in [1.807, 2.05) is 40.0 Å². The lowest BCUT2D eigenvalue weighted by atomic mass is 9.89. The smallest absolute Gasteiger partial charge is 0.423 e. The number of hydrogen-bond donors (Lipinski definition) is 0. The van der Waals surface area contributed by atoms with Gasteiger partial charge in [0.15, 0.2) is 0 Å². The Kier molecular flexibility index (Phi) is 27.4. The van der Waals surface area contributed by atoms with Crippen molar-refractivity contribution in [2.45, 2.75) is 148 Å². The van der Waals surface area contributed by atoms with Crippen LogP contribution >= 0.6 is 0 Å². The molecule has 0 aliphatic heterocycles. The van der Waals surface area contributed by atoms with E-state index in [0.717, 1.165) is 55.5 Å². The third-order valence-electron chi connectivity index (χ3n) is 5.95.